The zero-order valence-corrected chi connectivity index (χ0v) is 22.2. The first-order valence-electron chi connectivity index (χ1n) is 14.2. The number of rotatable bonds is 7. The maximum Gasteiger partial charge on any atom is 0.309 e. The summed E-state index contributed by atoms with van der Waals surface area (Å²) < 4.78 is 10.6. The minimum atomic E-state index is -0.131. The van der Waals surface area contributed by atoms with Crippen LogP contribution in [0, 0.1) is 24.2 Å². The van der Waals surface area contributed by atoms with E-state index in [-0.39, 0.29) is 34.6 Å². The molecule has 198 valence electrons. The number of nitrogens with zero attached hydrogens (tertiary/aromatic N) is 3. The number of aromatic nitrogens is 2. The standard InChI is InChI=1S/C30H39N3O4/c1-20-31-28(37-32-20)30-14-11-29(12-15-30,13-16-30)19-33(26(34)21-7-4-3-5-8-21)23-10-6-9-22(17-23)24-18-25(24)27(35)36-2/h6,9-10,17,21,24-25H,3-5,7-8,11-16,18-19H2,1-2H3. The van der Waals surface area contributed by atoms with Gasteiger partial charge in [-0.25, -0.2) is 0 Å². The van der Waals surface area contributed by atoms with Crippen molar-refractivity contribution in [2.45, 2.75) is 95.3 Å². The third kappa shape index (κ3) is 4.59. The molecule has 2 bridgehead atoms. The van der Waals surface area contributed by atoms with Crippen LogP contribution >= 0.6 is 0 Å². The Morgan fingerprint density at radius 3 is 2.46 bits per heavy atom. The second-order valence-corrected chi connectivity index (χ2v) is 12.3. The van der Waals surface area contributed by atoms with E-state index in [4.69, 9.17) is 9.26 Å². The van der Waals surface area contributed by atoms with Crippen molar-refractivity contribution in [2.75, 3.05) is 18.6 Å². The van der Waals surface area contributed by atoms with E-state index in [1.807, 2.05) is 6.92 Å². The largest absolute Gasteiger partial charge is 0.469 e. The molecule has 37 heavy (non-hydrogen) atoms. The highest BCUT2D eigenvalue weighted by molar-refractivity contribution is 5.95. The highest BCUT2D eigenvalue weighted by atomic mass is 16.5. The first-order chi connectivity index (χ1) is 17.9. The molecule has 1 amide bonds. The molecule has 2 unspecified atom stereocenters. The van der Waals surface area contributed by atoms with Crippen LogP contribution in [0.4, 0.5) is 5.69 Å². The van der Waals surface area contributed by atoms with Gasteiger partial charge in [0.15, 0.2) is 5.82 Å². The Labute approximate surface area is 219 Å². The van der Waals surface area contributed by atoms with E-state index in [0.717, 1.165) is 94.3 Å². The molecule has 1 aromatic heterocycles. The summed E-state index contributed by atoms with van der Waals surface area (Å²) in [7, 11) is 1.46. The topological polar surface area (TPSA) is 85.5 Å². The normalized spacial score (nSPS) is 31.2. The number of carbonyl (C=O) groups is 2. The Morgan fingerprint density at radius 2 is 1.81 bits per heavy atom. The fourth-order valence-electron chi connectivity index (χ4n) is 7.43. The maximum absolute atomic E-state index is 14.1. The molecule has 0 aliphatic heterocycles. The lowest BCUT2D eigenvalue weighted by atomic mass is 9.53. The molecule has 2 atom stereocenters. The number of anilines is 1. The number of benzene rings is 1. The second kappa shape index (κ2) is 9.55. The van der Waals surface area contributed by atoms with Crippen molar-refractivity contribution >= 4 is 17.6 Å². The Balaban J connectivity index is 1.25. The molecular weight excluding hydrogens is 466 g/mol. The summed E-state index contributed by atoms with van der Waals surface area (Å²) in [6.07, 6.45) is 12.7. The second-order valence-electron chi connectivity index (χ2n) is 12.3. The van der Waals surface area contributed by atoms with Crippen molar-refractivity contribution in [3.8, 4) is 0 Å². The van der Waals surface area contributed by atoms with Gasteiger partial charge in [-0.1, -0.05) is 36.6 Å². The van der Waals surface area contributed by atoms with E-state index in [2.05, 4.69) is 39.3 Å². The van der Waals surface area contributed by atoms with E-state index in [0.29, 0.717) is 11.7 Å². The van der Waals surface area contributed by atoms with E-state index in [1.165, 1.54) is 13.5 Å². The monoisotopic (exact) mass is 505 g/mol. The Morgan fingerprint density at radius 1 is 1.08 bits per heavy atom. The van der Waals surface area contributed by atoms with Crippen molar-refractivity contribution in [1.82, 2.24) is 10.1 Å². The van der Waals surface area contributed by atoms with E-state index in [9.17, 15) is 9.59 Å². The van der Waals surface area contributed by atoms with E-state index >= 15 is 0 Å². The van der Waals surface area contributed by atoms with Gasteiger partial charge in [0.05, 0.1) is 13.0 Å². The third-order valence-corrected chi connectivity index (χ3v) is 10.0. The molecule has 7 rings (SSSR count). The van der Waals surface area contributed by atoms with E-state index in [1.54, 1.807) is 0 Å². The van der Waals surface area contributed by atoms with Gasteiger partial charge >= 0.3 is 5.97 Å². The Kier molecular flexibility index (Phi) is 6.36. The smallest absolute Gasteiger partial charge is 0.309 e. The fourth-order valence-corrected chi connectivity index (χ4v) is 7.43. The van der Waals surface area contributed by atoms with Crippen LogP contribution < -0.4 is 4.90 Å². The highest BCUT2D eigenvalue weighted by Crippen LogP contribution is 2.58. The lowest BCUT2D eigenvalue weighted by Crippen LogP contribution is -2.51. The number of ether oxygens (including phenoxy) is 1. The zero-order valence-electron chi connectivity index (χ0n) is 22.2. The number of carbonyl (C=O) groups excluding carboxylic acids is 2. The molecule has 2 aromatic rings. The summed E-state index contributed by atoms with van der Waals surface area (Å²) in [6, 6.07) is 8.41. The van der Waals surface area contributed by atoms with Gasteiger partial charge in [-0.3, -0.25) is 9.59 Å². The average molecular weight is 506 g/mol. The summed E-state index contributed by atoms with van der Waals surface area (Å²) in [5, 5.41) is 4.06. The van der Waals surface area contributed by atoms with Crippen molar-refractivity contribution in [2.24, 2.45) is 17.3 Å². The number of aryl methyl sites for hydroxylation is 1. The van der Waals surface area contributed by atoms with Crippen LogP contribution in [0.25, 0.3) is 0 Å². The van der Waals surface area contributed by atoms with Gasteiger partial charge in [0, 0.05) is 23.6 Å². The van der Waals surface area contributed by atoms with Gasteiger partial charge in [0.1, 0.15) is 0 Å². The van der Waals surface area contributed by atoms with Gasteiger partial charge in [-0.15, -0.1) is 0 Å². The Bertz CT molecular complexity index is 1140. The third-order valence-electron chi connectivity index (χ3n) is 10.0. The molecule has 0 saturated heterocycles. The molecule has 5 fully saturated rings. The number of fused-ring (bicyclic) bond motifs is 3. The van der Waals surface area contributed by atoms with Crippen LogP contribution in [-0.4, -0.2) is 35.7 Å². The van der Waals surface area contributed by atoms with Crippen molar-refractivity contribution in [3.05, 3.63) is 41.5 Å². The molecule has 5 aliphatic rings. The summed E-state index contributed by atoms with van der Waals surface area (Å²) in [6.45, 7) is 2.66. The predicted octanol–water partition coefficient (Wildman–Crippen LogP) is 5.86. The van der Waals surface area contributed by atoms with Crippen LogP contribution in [0.2, 0.25) is 0 Å². The summed E-state index contributed by atoms with van der Waals surface area (Å²) in [4.78, 5) is 32.9. The van der Waals surface area contributed by atoms with Gasteiger partial charge in [0.2, 0.25) is 11.8 Å². The highest BCUT2D eigenvalue weighted by Gasteiger charge is 2.53. The van der Waals surface area contributed by atoms with Crippen molar-refractivity contribution < 1.29 is 18.8 Å². The minimum Gasteiger partial charge on any atom is -0.469 e. The molecule has 0 spiro atoms. The number of hydrogen-bond acceptors (Lipinski definition) is 6. The maximum atomic E-state index is 14.1. The molecule has 0 N–H and O–H groups in total. The zero-order chi connectivity index (χ0) is 25.6. The summed E-state index contributed by atoms with van der Waals surface area (Å²) in [5.41, 5.74) is 2.28. The molecule has 5 aliphatic carbocycles. The quantitative estimate of drug-likeness (QED) is 0.438. The molecule has 1 aromatic carbocycles. The van der Waals surface area contributed by atoms with Gasteiger partial charge in [-0.2, -0.15) is 4.98 Å². The number of esters is 1. The fraction of sp³-hybridized carbons (Fsp3) is 0.667. The van der Waals surface area contributed by atoms with E-state index < -0.39 is 0 Å². The van der Waals surface area contributed by atoms with Crippen molar-refractivity contribution in [1.29, 1.82) is 0 Å². The molecule has 7 nitrogen and oxygen atoms in total. The summed E-state index contributed by atoms with van der Waals surface area (Å²) in [5.74, 6) is 1.94. The van der Waals surface area contributed by atoms with Crippen LogP contribution in [0.1, 0.15) is 100 Å². The molecule has 1 heterocycles. The SMILES string of the molecule is COC(=O)C1CC1c1cccc(N(CC23CCC(c4nc(C)no4)(CC2)CC3)C(=O)C2CCCCC2)c1. The van der Waals surface area contributed by atoms with Gasteiger partial charge in [-0.05, 0) is 93.7 Å². The lowest BCUT2D eigenvalue weighted by Gasteiger charge is -2.53. The van der Waals surface area contributed by atoms with Crippen LogP contribution in [0.5, 0.6) is 0 Å². The molecular formula is C30H39N3O4. The van der Waals surface area contributed by atoms with Crippen LogP contribution in [0.15, 0.2) is 28.8 Å². The first-order valence-corrected chi connectivity index (χ1v) is 14.2. The van der Waals surface area contributed by atoms with Crippen molar-refractivity contribution in [3.63, 3.8) is 0 Å². The van der Waals surface area contributed by atoms with Crippen LogP contribution in [0.3, 0.4) is 0 Å². The molecule has 7 heteroatoms. The first kappa shape index (κ1) is 24.6. The average Bonchev–Trinajstić information content (AvgIpc) is 3.64. The Hall–Kier alpha value is -2.70. The van der Waals surface area contributed by atoms with Gasteiger partial charge < -0.3 is 14.2 Å². The summed E-state index contributed by atoms with van der Waals surface area (Å²) >= 11 is 0. The molecule has 5 saturated carbocycles. The van der Waals surface area contributed by atoms with Crippen LogP contribution in [-0.2, 0) is 19.7 Å². The number of hydrogen-bond donors (Lipinski definition) is 0. The predicted molar refractivity (Wildman–Crippen MR) is 139 cm³/mol. The number of methoxy groups -OCH3 is 1. The molecule has 0 radical (unpaired) electrons. The van der Waals surface area contributed by atoms with Gasteiger partial charge in [0.25, 0.3) is 0 Å². The minimum absolute atomic E-state index is 0.00993. The lowest BCUT2D eigenvalue weighted by molar-refractivity contribution is -0.142. The number of amides is 1.